The molecule has 0 atom stereocenters. The van der Waals surface area contributed by atoms with Crippen LogP contribution in [0.4, 0.5) is 0 Å². The number of thiocarbonyl (C=S) groups is 1. The summed E-state index contributed by atoms with van der Waals surface area (Å²) in [6.07, 6.45) is 9.59. The predicted molar refractivity (Wildman–Crippen MR) is 91.1 cm³/mol. The van der Waals surface area contributed by atoms with Crippen molar-refractivity contribution in [2.75, 3.05) is 13.1 Å². The van der Waals surface area contributed by atoms with Crippen LogP contribution in [0, 0.1) is 10.8 Å². The Morgan fingerprint density at radius 2 is 1.57 bits per heavy atom. The standard InChI is InChI=1S/C17H30N2OS/c1-16(2)8-7-12-19(13-11-16)15(20)17(14(18)21)9-5-3-4-6-10-17/h3-13H2,1-2H3,(H2,18,21). The molecule has 1 aliphatic heterocycles. The average molecular weight is 311 g/mol. The Hall–Kier alpha value is -0.640. The molecule has 2 rings (SSSR count). The fraction of sp³-hybridized carbons (Fsp3) is 0.882. The lowest BCUT2D eigenvalue weighted by atomic mass is 9.78. The summed E-state index contributed by atoms with van der Waals surface area (Å²) in [7, 11) is 0. The van der Waals surface area contributed by atoms with Gasteiger partial charge in [0.2, 0.25) is 5.91 Å². The zero-order chi connectivity index (χ0) is 15.5. The molecule has 2 N–H and O–H groups in total. The molecule has 2 fully saturated rings. The number of nitrogens with zero attached hydrogens (tertiary/aromatic N) is 1. The summed E-state index contributed by atoms with van der Waals surface area (Å²) in [5.74, 6) is 0.217. The molecule has 0 aromatic rings. The second-order valence-electron chi connectivity index (χ2n) is 7.67. The number of nitrogens with two attached hydrogens (primary N) is 1. The van der Waals surface area contributed by atoms with Crippen LogP contribution >= 0.6 is 12.2 Å². The molecule has 4 heteroatoms. The SMILES string of the molecule is CC1(C)CCCN(C(=O)C2(C(N)=S)CCCCCC2)CC1. The Balaban J connectivity index is 2.16. The molecule has 1 amide bonds. The van der Waals surface area contributed by atoms with Crippen LogP contribution in [0.15, 0.2) is 0 Å². The Morgan fingerprint density at radius 3 is 2.14 bits per heavy atom. The monoisotopic (exact) mass is 310 g/mol. The summed E-state index contributed by atoms with van der Waals surface area (Å²) in [5, 5.41) is 0. The van der Waals surface area contributed by atoms with Crippen molar-refractivity contribution < 1.29 is 4.79 Å². The Kier molecular flexibility index (Phi) is 5.29. The fourth-order valence-electron chi connectivity index (χ4n) is 3.83. The number of rotatable bonds is 2. The largest absolute Gasteiger partial charge is 0.392 e. The first-order chi connectivity index (χ1) is 9.87. The van der Waals surface area contributed by atoms with Crippen molar-refractivity contribution in [3.8, 4) is 0 Å². The van der Waals surface area contributed by atoms with Crippen molar-refractivity contribution in [1.82, 2.24) is 4.90 Å². The van der Waals surface area contributed by atoms with Gasteiger partial charge in [-0.25, -0.2) is 0 Å². The molecule has 0 unspecified atom stereocenters. The highest BCUT2D eigenvalue weighted by Crippen LogP contribution is 2.39. The number of amides is 1. The molecule has 0 radical (unpaired) electrons. The van der Waals surface area contributed by atoms with Gasteiger partial charge in [-0.3, -0.25) is 4.79 Å². The maximum Gasteiger partial charge on any atom is 0.235 e. The Bertz CT molecular complexity index is 398. The minimum absolute atomic E-state index is 0.217. The van der Waals surface area contributed by atoms with E-state index in [1.54, 1.807) is 0 Å². The molecule has 0 bridgehead atoms. The van der Waals surface area contributed by atoms with Crippen molar-refractivity contribution in [3.63, 3.8) is 0 Å². The summed E-state index contributed by atoms with van der Waals surface area (Å²) < 4.78 is 0. The second kappa shape index (κ2) is 6.64. The molecule has 120 valence electrons. The summed E-state index contributed by atoms with van der Waals surface area (Å²) in [5.41, 5.74) is 5.84. The molecule has 1 heterocycles. The summed E-state index contributed by atoms with van der Waals surface area (Å²) in [4.78, 5) is 15.7. The normalized spacial score (nSPS) is 25.7. The van der Waals surface area contributed by atoms with E-state index < -0.39 is 5.41 Å². The summed E-state index contributed by atoms with van der Waals surface area (Å²) in [6, 6.07) is 0. The molecule has 2 aliphatic rings. The molecule has 1 saturated carbocycles. The van der Waals surface area contributed by atoms with E-state index in [1.165, 1.54) is 19.3 Å². The second-order valence-corrected chi connectivity index (χ2v) is 8.11. The minimum Gasteiger partial charge on any atom is -0.392 e. The fourth-order valence-corrected chi connectivity index (χ4v) is 4.12. The van der Waals surface area contributed by atoms with Gasteiger partial charge in [-0.1, -0.05) is 51.7 Å². The molecule has 21 heavy (non-hydrogen) atoms. The van der Waals surface area contributed by atoms with Crippen LogP contribution in [0.5, 0.6) is 0 Å². The van der Waals surface area contributed by atoms with Crippen molar-refractivity contribution in [1.29, 1.82) is 0 Å². The van der Waals surface area contributed by atoms with Crippen LogP contribution in [-0.4, -0.2) is 28.9 Å². The highest BCUT2D eigenvalue weighted by molar-refractivity contribution is 7.80. The quantitative estimate of drug-likeness (QED) is 0.625. The average Bonchev–Trinajstić information content (AvgIpc) is 2.76. The van der Waals surface area contributed by atoms with Gasteiger partial charge in [0, 0.05) is 13.1 Å². The van der Waals surface area contributed by atoms with E-state index in [1.807, 2.05) is 0 Å². The maximum absolute atomic E-state index is 13.2. The van der Waals surface area contributed by atoms with Gasteiger partial charge in [0.25, 0.3) is 0 Å². The van der Waals surface area contributed by atoms with E-state index >= 15 is 0 Å². The van der Waals surface area contributed by atoms with Crippen LogP contribution in [0.2, 0.25) is 0 Å². The highest BCUT2D eigenvalue weighted by atomic mass is 32.1. The van der Waals surface area contributed by atoms with Crippen LogP contribution in [0.3, 0.4) is 0 Å². The van der Waals surface area contributed by atoms with Gasteiger partial charge in [0.15, 0.2) is 0 Å². The number of hydrogen-bond acceptors (Lipinski definition) is 2. The lowest BCUT2D eigenvalue weighted by Gasteiger charge is -2.36. The molecule has 3 nitrogen and oxygen atoms in total. The topological polar surface area (TPSA) is 46.3 Å². The lowest BCUT2D eigenvalue weighted by molar-refractivity contribution is -0.139. The molecule has 0 aromatic carbocycles. The van der Waals surface area contributed by atoms with Crippen molar-refractivity contribution in [2.24, 2.45) is 16.6 Å². The van der Waals surface area contributed by atoms with Gasteiger partial charge >= 0.3 is 0 Å². The first kappa shape index (κ1) is 16.7. The van der Waals surface area contributed by atoms with Crippen molar-refractivity contribution in [3.05, 3.63) is 0 Å². The van der Waals surface area contributed by atoms with Crippen molar-refractivity contribution >= 4 is 23.1 Å². The van der Waals surface area contributed by atoms with Crippen LogP contribution in [-0.2, 0) is 4.79 Å². The number of carbonyl (C=O) groups is 1. The lowest BCUT2D eigenvalue weighted by Crippen LogP contribution is -2.50. The smallest absolute Gasteiger partial charge is 0.235 e. The van der Waals surface area contributed by atoms with Gasteiger partial charge in [-0.15, -0.1) is 0 Å². The van der Waals surface area contributed by atoms with Crippen LogP contribution < -0.4 is 5.73 Å². The van der Waals surface area contributed by atoms with E-state index in [0.29, 0.717) is 10.4 Å². The molecule has 1 aliphatic carbocycles. The third-order valence-electron chi connectivity index (χ3n) is 5.47. The zero-order valence-corrected chi connectivity index (χ0v) is 14.4. The van der Waals surface area contributed by atoms with Crippen molar-refractivity contribution in [2.45, 2.75) is 71.6 Å². The minimum atomic E-state index is -0.555. The van der Waals surface area contributed by atoms with Gasteiger partial charge < -0.3 is 10.6 Å². The Labute approximate surface area is 134 Å². The molecule has 0 spiro atoms. The number of carbonyl (C=O) groups excluding carboxylic acids is 1. The van der Waals surface area contributed by atoms with E-state index in [-0.39, 0.29) is 5.91 Å². The Morgan fingerprint density at radius 1 is 0.952 bits per heavy atom. The maximum atomic E-state index is 13.2. The third-order valence-corrected chi connectivity index (χ3v) is 5.86. The molecule has 1 saturated heterocycles. The molecule has 0 aromatic heterocycles. The van der Waals surface area contributed by atoms with E-state index in [4.69, 9.17) is 18.0 Å². The van der Waals surface area contributed by atoms with E-state index in [2.05, 4.69) is 18.7 Å². The number of hydrogen-bond donors (Lipinski definition) is 1. The highest BCUT2D eigenvalue weighted by Gasteiger charge is 2.44. The van der Waals surface area contributed by atoms with Crippen LogP contribution in [0.25, 0.3) is 0 Å². The van der Waals surface area contributed by atoms with Gasteiger partial charge in [0.05, 0.1) is 10.4 Å². The van der Waals surface area contributed by atoms with Gasteiger partial charge in [-0.05, 0) is 37.5 Å². The molecular formula is C17H30N2OS. The summed E-state index contributed by atoms with van der Waals surface area (Å²) >= 11 is 5.34. The first-order valence-electron chi connectivity index (χ1n) is 8.47. The molecular weight excluding hydrogens is 280 g/mol. The first-order valence-corrected chi connectivity index (χ1v) is 8.88. The van der Waals surface area contributed by atoms with Crippen LogP contribution in [0.1, 0.15) is 71.6 Å². The van der Waals surface area contributed by atoms with E-state index in [9.17, 15) is 4.79 Å². The van der Waals surface area contributed by atoms with E-state index in [0.717, 1.165) is 51.6 Å². The van der Waals surface area contributed by atoms with Gasteiger partial charge in [0.1, 0.15) is 0 Å². The zero-order valence-electron chi connectivity index (χ0n) is 13.6. The predicted octanol–water partition coefficient (Wildman–Crippen LogP) is 3.65. The van der Waals surface area contributed by atoms with Gasteiger partial charge in [-0.2, -0.15) is 0 Å². The number of likely N-dealkylation sites (tertiary alicyclic amines) is 1. The third kappa shape index (κ3) is 3.77. The summed E-state index contributed by atoms with van der Waals surface area (Å²) in [6.45, 7) is 6.33.